The van der Waals surface area contributed by atoms with E-state index in [0.29, 0.717) is 30.6 Å². The number of fused-ring (bicyclic) bond motifs is 1. The second-order valence-electron chi connectivity index (χ2n) is 7.32. The van der Waals surface area contributed by atoms with Crippen molar-refractivity contribution in [3.63, 3.8) is 0 Å². The third-order valence-corrected chi connectivity index (χ3v) is 5.24. The van der Waals surface area contributed by atoms with Gasteiger partial charge in [-0.3, -0.25) is 15.2 Å². The fourth-order valence-corrected chi connectivity index (χ4v) is 3.55. The Hall–Kier alpha value is -3.97. The van der Waals surface area contributed by atoms with Gasteiger partial charge in [0.15, 0.2) is 0 Å². The number of rotatable bonds is 7. The maximum Gasteiger partial charge on any atom is 0.251 e. The maximum absolute atomic E-state index is 12.5. The van der Waals surface area contributed by atoms with Gasteiger partial charge in [0, 0.05) is 47.5 Å². The number of amides is 1. The van der Waals surface area contributed by atoms with Gasteiger partial charge in [0.05, 0.1) is 5.69 Å². The van der Waals surface area contributed by atoms with Gasteiger partial charge < -0.3 is 21.8 Å². The summed E-state index contributed by atoms with van der Waals surface area (Å²) in [4.78, 5) is 19.8. The van der Waals surface area contributed by atoms with Gasteiger partial charge in [0.2, 0.25) is 0 Å². The molecule has 2 heterocycles. The van der Waals surface area contributed by atoms with Gasteiger partial charge in [-0.1, -0.05) is 18.2 Å². The van der Waals surface area contributed by atoms with Crippen LogP contribution in [0.4, 0.5) is 0 Å². The zero-order chi connectivity index (χ0) is 21.8. The molecule has 0 aliphatic rings. The number of H-pyrrole nitrogens is 1. The van der Waals surface area contributed by atoms with Gasteiger partial charge in [-0.25, -0.2) is 0 Å². The number of carbonyl (C=O) groups is 1. The van der Waals surface area contributed by atoms with Crippen LogP contribution in [-0.4, -0.2) is 28.3 Å². The second-order valence-corrected chi connectivity index (χ2v) is 7.32. The van der Waals surface area contributed by atoms with E-state index < -0.39 is 0 Å². The lowest BCUT2D eigenvalue weighted by Crippen LogP contribution is -2.25. The number of nitrogens with two attached hydrogens (primary N) is 2. The number of nitrogen functional groups attached to an aromatic ring is 1. The molecule has 156 valence electrons. The average molecular weight is 412 g/mol. The van der Waals surface area contributed by atoms with Crippen LogP contribution >= 0.6 is 0 Å². The van der Waals surface area contributed by atoms with Crippen molar-refractivity contribution in [3.8, 4) is 11.1 Å². The monoisotopic (exact) mass is 412 g/mol. The Kier molecular flexibility index (Phi) is 5.77. The highest BCUT2D eigenvalue weighted by molar-refractivity contribution is 6.07. The lowest BCUT2D eigenvalue weighted by molar-refractivity contribution is 0.0954. The number of aromatic nitrogens is 2. The number of aromatic amines is 1. The maximum atomic E-state index is 12.5. The Balaban J connectivity index is 1.38. The highest BCUT2D eigenvalue weighted by atomic mass is 16.1. The van der Waals surface area contributed by atoms with Crippen molar-refractivity contribution in [3.05, 3.63) is 89.4 Å². The lowest BCUT2D eigenvalue weighted by atomic mass is 10.0. The van der Waals surface area contributed by atoms with Gasteiger partial charge in [-0.2, -0.15) is 0 Å². The Labute approximate surface area is 180 Å². The van der Waals surface area contributed by atoms with Crippen molar-refractivity contribution in [2.24, 2.45) is 11.5 Å². The molecule has 7 nitrogen and oxygen atoms in total. The Morgan fingerprint density at radius 1 is 1.06 bits per heavy atom. The molecule has 0 saturated heterocycles. The van der Waals surface area contributed by atoms with E-state index >= 15 is 0 Å². The Morgan fingerprint density at radius 2 is 1.87 bits per heavy atom. The van der Waals surface area contributed by atoms with E-state index in [4.69, 9.17) is 16.9 Å². The van der Waals surface area contributed by atoms with E-state index in [1.807, 2.05) is 54.6 Å². The first kappa shape index (κ1) is 20.3. The van der Waals surface area contributed by atoms with Gasteiger partial charge in [-0.05, 0) is 59.5 Å². The number of carbonyl (C=O) groups excluding carboxylic acids is 1. The molecule has 1 amide bonds. The zero-order valence-corrected chi connectivity index (χ0v) is 17.0. The SMILES string of the molecule is N=C(N)c1c[nH]c2ccc(CCNC(=O)c3ccc(-c4ccnc(CN)c4)cc3)cc12. The van der Waals surface area contributed by atoms with Crippen LogP contribution in [0.1, 0.15) is 27.2 Å². The lowest BCUT2D eigenvalue weighted by Gasteiger charge is -2.08. The van der Waals surface area contributed by atoms with Gasteiger partial charge in [0.1, 0.15) is 5.84 Å². The van der Waals surface area contributed by atoms with Crippen molar-refractivity contribution in [1.82, 2.24) is 15.3 Å². The quantitative estimate of drug-likeness (QED) is 0.236. The molecule has 7 N–H and O–H groups in total. The van der Waals surface area contributed by atoms with Crippen molar-refractivity contribution in [1.29, 1.82) is 5.41 Å². The summed E-state index contributed by atoms with van der Waals surface area (Å²) in [6.07, 6.45) is 4.16. The van der Waals surface area contributed by atoms with Crippen molar-refractivity contribution in [2.45, 2.75) is 13.0 Å². The molecule has 0 atom stereocenters. The molecule has 0 unspecified atom stereocenters. The first-order valence-electron chi connectivity index (χ1n) is 10.0. The molecule has 0 aliphatic heterocycles. The molecule has 0 saturated carbocycles. The number of hydrogen-bond acceptors (Lipinski definition) is 4. The molecular formula is C24H24N6O. The van der Waals surface area contributed by atoms with E-state index in [2.05, 4.69) is 15.3 Å². The number of benzene rings is 2. The molecule has 4 rings (SSSR count). The first-order valence-corrected chi connectivity index (χ1v) is 10.0. The molecule has 0 bridgehead atoms. The van der Waals surface area contributed by atoms with E-state index in [9.17, 15) is 4.79 Å². The van der Waals surface area contributed by atoms with Crippen molar-refractivity contribution in [2.75, 3.05) is 6.54 Å². The van der Waals surface area contributed by atoms with Crippen LogP contribution in [0, 0.1) is 5.41 Å². The van der Waals surface area contributed by atoms with Crippen LogP contribution < -0.4 is 16.8 Å². The van der Waals surface area contributed by atoms with Crippen LogP contribution in [0.15, 0.2) is 67.0 Å². The third kappa shape index (κ3) is 4.46. The minimum absolute atomic E-state index is 0.0335. The number of nitrogens with zero attached hydrogens (tertiary/aromatic N) is 1. The fourth-order valence-electron chi connectivity index (χ4n) is 3.55. The Morgan fingerprint density at radius 3 is 2.61 bits per heavy atom. The molecule has 0 aliphatic carbocycles. The summed E-state index contributed by atoms with van der Waals surface area (Å²) >= 11 is 0. The number of nitrogens with one attached hydrogen (secondary N) is 3. The summed E-state index contributed by atoms with van der Waals surface area (Å²) in [6, 6.07) is 17.3. The normalized spacial score (nSPS) is 10.9. The van der Waals surface area contributed by atoms with E-state index in [1.54, 1.807) is 12.4 Å². The molecule has 7 heteroatoms. The van der Waals surface area contributed by atoms with Crippen LogP contribution in [-0.2, 0) is 13.0 Å². The van der Waals surface area contributed by atoms with Crippen molar-refractivity contribution < 1.29 is 4.79 Å². The molecule has 2 aromatic carbocycles. The fraction of sp³-hybridized carbons (Fsp3) is 0.125. The summed E-state index contributed by atoms with van der Waals surface area (Å²) in [5, 5.41) is 11.6. The predicted molar refractivity (Wildman–Crippen MR) is 123 cm³/mol. The van der Waals surface area contributed by atoms with E-state index in [0.717, 1.165) is 33.3 Å². The first-order chi connectivity index (χ1) is 15.0. The molecule has 31 heavy (non-hydrogen) atoms. The average Bonchev–Trinajstić information content (AvgIpc) is 3.23. The largest absolute Gasteiger partial charge is 0.384 e. The zero-order valence-electron chi connectivity index (χ0n) is 17.0. The van der Waals surface area contributed by atoms with Crippen LogP contribution in [0.3, 0.4) is 0 Å². The molecule has 0 fully saturated rings. The smallest absolute Gasteiger partial charge is 0.251 e. The summed E-state index contributed by atoms with van der Waals surface area (Å²) in [5.41, 5.74) is 17.5. The van der Waals surface area contributed by atoms with Gasteiger partial charge in [-0.15, -0.1) is 0 Å². The van der Waals surface area contributed by atoms with Crippen LogP contribution in [0.25, 0.3) is 22.0 Å². The summed E-state index contributed by atoms with van der Waals surface area (Å²) in [7, 11) is 0. The second kappa shape index (κ2) is 8.81. The summed E-state index contributed by atoms with van der Waals surface area (Å²) in [6.45, 7) is 0.900. The minimum Gasteiger partial charge on any atom is -0.384 e. The van der Waals surface area contributed by atoms with Crippen molar-refractivity contribution >= 4 is 22.6 Å². The van der Waals surface area contributed by atoms with Gasteiger partial charge >= 0.3 is 0 Å². The minimum atomic E-state index is -0.115. The number of pyridine rings is 1. The summed E-state index contributed by atoms with van der Waals surface area (Å²) in [5.74, 6) is -0.0813. The van der Waals surface area contributed by atoms with Gasteiger partial charge in [0.25, 0.3) is 5.91 Å². The topological polar surface area (TPSA) is 134 Å². The molecule has 2 aromatic heterocycles. The molecule has 0 radical (unpaired) electrons. The molecule has 4 aromatic rings. The predicted octanol–water partition coefficient (Wildman–Crippen LogP) is 2.95. The van der Waals surface area contributed by atoms with Crippen LogP contribution in [0.2, 0.25) is 0 Å². The van der Waals surface area contributed by atoms with E-state index in [-0.39, 0.29) is 11.7 Å². The highest BCUT2D eigenvalue weighted by Crippen LogP contribution is 2.21. The van der Waals surface area contributed by atoms with E-state index in [1.165, 1.54) is 0 Å². The Bertz CT molecular complexity index is 1240. The third-order valence-electron chi connectivity index (χ3n) is 5.24. The number of amidine groups is 1. The van der Waals surface area contributed by atoms with Crippen LogP contribution in [0.5, 0.6) is 0 Å². The summed E-state index contributed by atoms with van der Waals surface area (Å²) < 4.78 is 0. The molecular weight excluding hydrogens is 388 g/mol. The standard InChI is InChI=1S/C24H24N6O/c25-13-19-12-18(8-10-28-19)16-2-4-17(5-3-16)24(31)29-9-7-15-1-6-22-20(11-15)21(14-30-22)23(26)27/h1-6,8,10-12,14,30H,7,9,13,25H2,(H3,26,27)(H,29,31). The number of hydrogen-bond donors (Lipinski definition) is 5. The highest BCUT2D eigenvalue weighted by Gasteiger charge is 2.09. The molecule has 0 spiro atoms.